The molecule has 1 aliphatic rings. The van der Waals surface area contributed by atoms with E-state index in [-0.39, 0.29) is 43.4 Å². The SMILES string of the molecule is CN(C(=O)CNC(=O)CN)C1CCN(Cc2ccccc2)C1.Cl. The van der Waals surface area contributed by atoms with E-state index in [9.17, 15) is 9.59 Å². The van der Waals surface area contributed by atoms with Gasteiger partial charge in [-0.2, -0.15) is 0 Å². The average molecular weight is 341 g/mol. The standard InChI is InChI=1S/C16H24N4O2.ClH/c1-19(16(22)10-18-15(21)9-17)14-7-8-20(12-14)11-13-5-3-2-4-6-13;/h2-6,14H,7-12,17H2,1H3,(H,18,21);1H. The minimum Gasteiger partial charge on any atom is -0.346 e. The minimum absolute atomic E-state index is 0. The van der Waals surface area contributed by atoms with Crippen molar-refractivity contribution in [3.8, 4) is 0 Å². The summed E-state index contributed by atoms with van der Waals surface area (Å²) in [4.78, 5) is 27.3. The predicted molar refractivity (Wildman–Crippen MR) is 92.2 cm³/mol. The zero-order valence-electron chi connectivity index (χ0n) is 13.4. The van der Waals surface area contributed by atoms with Crippen LogP contribution in [0, 0.1) is 0 Å². The molecule has 1 aliphatic heterocycles. The van der Waals surface area contributed by atoms with Crippen molar-refractivity contribution in [2.24, 2.45) is 5.73 Å². The van der Waals surface area contributed by atoms with Gasteiger partial charge in [-0.15, -0.1) is 12.4 Å². The summed E-state index contributed by atoms with van der Waals surface area (Å²) >= 11 is 0. The second-order valence-corrected chi connectivity index (χ2v) is 5.65. The lowest BCUT2D eigenvalue weighted by Gasteiger charge is -2.25. The molecular weight excluding hydrogens is 316 g/mol. The van der Waals surface area contributed by atoms with Gasteiger partial charge in [0.05, 0.1) is 13.1 Å². The Kier molecular flexibility index (Phi) is 8.02. The zero-order chi connectivity index (χ0) is 15.9. The van der Waals surface area contributed by atoms with E-state index in [0.29, 0.717) is 0 Å². The van der Waals surface area contributed by atoms with Gasteiger partial charge >= 0.3 is 0 Å². The highest BCUT2D eigenvalue weighted by atomic mass is 35.5. The summed E-state index contributed by atoms with van der Waals surface area (Å²) in [5.74, 6) is -0.382. The summed E-state index contributed by atoms with van der Waals surface area (Å²) in [6, 6.07) is 10.5. The van der Waals surface area contributed by atoms with Crippen molar-refractivity contribution in [1.29, 1.82) is 0 Å². The molecule has 128 valence electrons. The highest BCUT2D eigenvalue weighted by Crippen LogP contribution is 2.17. The van der Waals surface area contributed by atoms with E-state index in [1.165, 1.54) is 5.56 Å². The average Bonchev–Trinajstić information content (AvgIpc) is 3.00. The first kappa shape index (κ1) is 19.4. The van der Waals surface area contributed by atoms with Gasteiger partial charge in [-0.3, -0.25) is 14.5 Å². The Morgan fingerprint density at radius 1 is 1.35 bits per heavy atom. The van der Waals surface area contributed by atoms with Crippen molar-refractivity contribution in [2.75, 3.05) is 33.2 Å². The molecule has 0 spiro atoms. The zero-order valence-corrected chi connectivity index (χ0v) is 14.2. The van der Waals surface area contributed by atoms with Crippen LogP contribution in [0.25, 0.3) is 0 Å². The van der Waals surface area contributed by atoms with E-state index in [2.05, 4.69) is 22.3 Å². The van der Waals surface area contributed by atoms with Gasteiger partial charge < -0.3 is 16.0 Å². The van der Waals surface area contributed by atoms with Gasteiger partial charge in [0, 0.05) is 32.7 Å². The molecule has 1 heterocycles. The number of nitrogens with two attached hydrogens (primary N) is 1. The van der Waals surface area contributed by atoms with Crippen LogP contribution in [-0.4, -0.2) is 60.9 Å². The molecule has 2 amide bonds. The van der Waals surface area contributed by atoms with Crippen molar-refractivity contribution in [3.05, 3.63) is 35.9 Å². The van der Waals surface area contributed by atoms with Gasteiger partial charge in [-0.25, -0.2) is 0 Å². The smallest absolute Gasteiger partial charge is 0.242 e. The van der Waals surface area contributed by atoms with Crippen molar-refractivity contribution in [3.63, 3.8) is 0 Å². The fourth-order valence-corrected chi connectivity index (χ4v) is 2.69. The Bertz CT molecular complexity index is 512. The molecule has 0 aliphatic carbocycles. The molecule has 1 aromatic carbocycles. The lowest BCUT2D eigenvalue weighted by atomic mass is 10.2. The van der Waals surface area contributed by atoms with Gasteiger partial charge in [0.2, 0.25) is 11.8 Å². The molecular formula is C16H25ClN4O2. The number of likely N-dealkylation sites (N-methyl/N-ethyl adjacent to an activating group) is 1. The second-order valence-electron chi connectivity index (χ2n) is 5.65. The maximum absolute atomic E-state index is 12.1. The molecule has 3 N–H and O–H groups in total. The molecule has 1 atom stereocenters. The predicted octanol–water partition coefficient (Wildman–Crippen LogP) is 0.216. The van der Waals surface area contributed by atoms with Crippen LogP contribution in [0.1, 0.15) is 12.0 Å². The largest absolute Gasteiger partial charge is 0.346 e. The highest BCUT2D eigenvalue weighted by Gasteiger charge is 2.28. The quantitative estimate of drug-likeness (QED) is 0.776. The number of hydrogen-bond donors (Lipinski definition) is 2. The molecule has 2 rings (SSSR count). The van der Waals surface area contributed by atoms with Crippen LogP contribution in [-0.2, 0) is 16.1 Å². The van der Waals surface area contributed by atoms with E-state index in [0.717, 1.165) is 26.1 Å². The van der Waals surface area contributed by atoms with Crippen LogP contribution in [0.3, 0.4) is 0 Å². The Morgan fingerprint density at radius 2 is 2.04 bits per heavy atom. The van der Waals surface area contributed by atoms with Crippen molar-refractivity contribution >= 4 is 24.2 Å². The van der Waals surface area contributed by atoms with Gasteiger partial charge in [-0.05, 0) is 12.0 Å². The molecule has 0 radical (unpaired) electrons. The molecule has 23 heavy (non-hydrogen) atoms. The lowest BCUT2D eigenvalue weighted by Crippen LogP contribution is -2.45. The van der Waals surface area contributed by atoms with Gasteiger partial charge in [0.1, 0.15) is 0 Å². The van der Waals surface area contributed by atoms with E-state index in [1.54, 1.807) is 11.9 Å². The Balaban J connectivity index is 0.00000264. The van der Waals surface area contributed by atoms with E-state index >= 15 is 0 Å². The van der Waals surface area contributed by atoms with Gasteiger partial charge in [0.25, 0.3) is 0 Å². The molecule has 1 aromatic rings. The summed E-state index contributed by atoms with van der Waals surface area (Å²) in [7, 11) is 1.80. The third-order valence-corrected chi connectivity index (χ3v) is 4.06. The number of halogens is 1. The van der Waals surface area contributed by atoms with Crippen LogP contribution in [0.2, 0.25) is 0 Å². The van der Waals surface area contributed by atoms with Crippen LogP contribution in [0.4, 0.5) is 0 Å². The molecule has 1 unspecified atom stereocenters. The number of rotatable bonds is 6. The third kappa shape index (κ3) is 5.82. The van der Waals surface area contributed by atoms with E-state index in [4.69, 9.17) is 5.73 Å². The first-order valence-electron chi connectivity index (χ1n) is 7.59. The Labute approximate surface area is 143 Å². The van der Waals surface area contributed by atoms with Crippen LogP contribution < -0.4 is 11.1 Å². The highest BCUT2D eigenvalue weighted by molar-refractivity contribution is 5.85. The maximum Gasteiger partial charge on any atom is 0.242 e. The lowest BCUT2D eigenvalue weighted by molar-refractivity contribution is -0.133. The number of carbonyl (C=O) groups is 2. The number of likely N-dealkylation sites (tertiary alicyclic amines) is 1. The Hall–Kier alpha value is -1.63. The summed E-state index contributed by atoms with van der Waals surface area (Å²) in [6.07, 6.45) is 0.958. The monoisotopic (exact) mass is 340 g/mol. The normalized spacial score (nSPS) is 17.4. The second kappa shape index (κ2) is 9.50. The van der Waals surface area contributed by atoms with E-state index < -0.39 is 0 Å². The first-order valence-corrected chi connectivity index (χ1v) is 7.59. The fourth-order valence-electron chi connectivity index (χ4n) is 2.69. The molecule has 0 aromatic heterocycles. The summed E-state index contributed by atoms with van der Waals surface area (Å²) in [6.45, 7) is 2.67. The first-order chi connectivity index (χ1) is 10.6. The molecule has 6 nitrogen and oxygen atoms in total. The fraction of sp³-hybridized carbons (Fsp3) is 0.500. The number of amides is 2. The van der Waals surface area contributed by atoms with Crippen molar-refractivity contribution in [1.82, 2.24) is 15.1 Å². The van der Waals surface area contributed by atoms with Crippen molar-refractivity contribution in [2.45, 2.75) is 19.0 Å². The van der Waals surface area contributed by atoms with Crippen LogP contribution in [0.15, 0.2) is 30.3 Å². The summed E-state index contributed by atoms with van der Waals surface area (Å²) in [5.41, 5.74) is 6.49. The minimum atomic E-state index is -0.307. The summed E-state index contributed by atoms with van der Waals surface area (Å²) in [5, 5.41) is 2.52. The molecule has 0 bridgehead atoms. The number of hydrogen-bond acceptors (Lipinski definition) is 4. The molecule has 7 heteroatoms. The van der Waals surface area contributed by atoms with Gasteiger partial charge in [-0.1, -0.05) is 30.3 Å². The number of nitrogens with zero attached hydrogens (tertiary/aromatic N) is 2. The van der Waals surface area contributed by atoms with Crippen LogP contribution >= 0.6 is 12.4 Å². The number of benzene rings is 1. The third-order valence-electron chi connectivity index (χ3n) is 4.06. The molecule has 1 saturated heterocycles. The number of carbonyl (C=O) groups excluding carboxylic acids is 2. The molecule has 1 fully saturated rings. The summed E-state index contributed by atoms with van der Waals surface area (Å²) < 4.78 is 0. The number of nitrogens with one attached hydrogen (secondary N) is 1. The van der Waals surface area contributed by atoms with E-state index in [1.807, 2.05) is 18.2 Å². The maximum atomic E-state index is 12.1. The van der Waals surface area contributed by atoms with Crippen LogP contribution in [0.5, 0.6) is 0 Å². The Morgan fingerprint density at radius 3 is 2.70 bits per heavy atom. The van der Waals surface area contributed by atoms with Crippen molar-refractivity contribution < 1.29 is 9.59 Å². The topological polar surface area (TPSA) is 78.7 Å². The molecule has 0 saturated carbocycles. The van der Waals surface area contributed by atoms with Gasteiger partial charge in [0.15, 0.2) is 0 Å².